The summed E-state index contributed by atoms with van der Waals surface area (Å²) in [6, 6.07) is 3.70. The standard InChI is InChI=1S/C13H18BrNO3/c1-13(2,18-12(16)9-14)6-4-10-8-11(17-3)5-7-15-10/h5,7-8H,4,6,9H2,1-3H3. The Balaban J connectivity index is 2.55. The Bertz CT molecular complexity index is 407. The third-order valence-corrected chi connectivity index (χ3v) is 2.96. The Labute approximate surface area is 116 Å². The van der Waals surface area contributed by atoms with Crippen LogP contribution in [0.25, 0.3) is 0 Å². The number of ether oxygens (including phenoxy) is 2. The summed E-state index contributed by atoms with van der Waals surface area (Å²) in [7, 11) is 1.63. The minimum atomic E-state index is -0.490. The number of carbonyl (C=O) groups excluding carboxylic acids is 1. The second kappa shape index (κ2) is 6.73. The lowest BCUT2D eigenvalue weighted by molar-refractivity contribution is -0.153. The number of rotatable bonds is 6. The quantitative estimate of drug-likeness (QED) is 0.598. The van der Waals surface area contributed by atoms with Crippen LogP contribution in [0.4, 0.5) is 0 Å². The monoisotopic (exact) mass is 315 g/mol. The first-order valence-electron chi connectivity index (χ1n) is 5.73. The van der Waals surface area contributed by atoms with E-state index in [-0.39, 0.29) is 11.3 Å². The average molecular weight is 316 g/mol. The summed E-state index contributed by atoms with van der Waals surface area (Å²) < 4.78 is 10.5. The van der Waals surface area contributed by atoms with Crippen molar-refractivity contribution in [3.63, 3.8) is 0 Å². The topological polar surface area (TPSA) is 48.4 Å². The van der Waals surface area contributed by atoms with Gasteiger partial charge in [0.15, 0.2) is 0 Å². The molecule has 0 aliphatic heterocycles. The summed E-state index contributed by atoms with van der Waals surface area (Å²) in [5.41, 5.74) is 0.438. The predicted octanol–water partition coefficient (Wildman–Crippen LogP) is 2.74. The molecular formula is C13H18BrNO3. The van der Waals surface area contributed by atoms with Crippen LogP contribution in [0.2, 0.25) is 0 Å². The van der Waals surface area contributed by atoms with E-state index in [4.69, 9.17) is 9.47 Å². The number of carbonyl (C=O) groups is 1. The Hall–Kier alpha value is -1.10. The Morgan fingerprint density at radius 1 is 1.50 bits per heavy atom. The molecule has 0 bridgehead atoms. The van der Waals surface area contributed by atoms with E-state index in [1.165, 1.54) is 0 Å². The van der Waals surface area contributed by atoms with Crippen LogP contribution in [-0.2, 0) is 16.0 Å². The smallest absolute Gasteiger partial charge is 0.317 e. The molecule has 0 aromatic carbocycles. The fourth-order valence-corrected chi connectivity index (χ4v) is 1.65. The van der Waals surface area contributed by atoms with Crippen molar-refractivity contribution in [3.05, 3.63) is 24.0 Å². The Kier molecular flexibility index (Phi) is 5.59. The molecule has 18 heavy (non-hydrogen) atoms. The molecule has 1 aromatic rings. The second-order valence-corrected chi connectivity index (χ2v) is 5.12. The molecule has 0 saturated heterocycles. The number of methoxy groups -OCH3 is 1. The zero-order valence-electron chi connectivity index (χ0n) is 10.9. The van der Waals surface area contributed by atoms with Gasteiger partial charge in [-0.3, -0.25) is 9.78 Å². The molecule has 0 fully saturated rings. The van der Waals surface area contributed by atoms with Gasteiger partial charge in [-0.2, -0.15) is 0 Å². The van der Waals surface area contributed by atoms with Gasteiger partial charge in [-0.1, -0.05) is 15.9 Å². The van der Waals surface area contributed by atoms with Gasteiger partial charge in [0, 0.05) is 18.0 Å². The highest BCUT2D eigenvalue weighted by Crippen LogP contribution is 2.19. The number of alkyl halides is 1. The summed E-state index contributed by atoms with van der Waals surface area (Å²) in [5, 5.41) is 0.216. The molecule has 0 N–H and O–H groups in total. The minimum absolute atomic E-state index is 0.216. The Morgan fingerprint density at radius 3 is 2.83 bits per heavy atom. The summed E-state index contributed by atoms with van der Waals surface area (Å²) in [5.74, 6) is 0.536. The number of halogens is 1. The maximum Gasteiger partial charge on any atom is 0.317 e. The molecule has 0 radical (unpaired) electrons. The first-order valence-corrected chi connectivity index (χ1v) is 6.86. The number of aromatic nitrogens is 1. The first kappa shape index (κ1) is 15.0. The van der Waals surface area contributed by atoms with Crippen molar-refractivity contribution < 1.29 is 14.3 Å². The van der Waals surface area contributed by atoms with E-state index >= 15 is 0 Å². The lowest BCUT2D eigenvalue weighted by Crippen LogP contribution is -2.29. The van der Waals surface area contributed by atoms with Crippen molar-refractivity contribution in [2.75, 3.05) is 12.4 Å². The molecule has 0 aliphatic rings. The zero-order valence-corrected chi connectivity index (χ0v) is 12.5. The van der Waals surface area contributed by atoms with Gasteiger partial charge in [-0.15, -0.1) is 0 Å². The van der Waals surface area contributed by atoms with Crippen molar-refractivity contribution in [2.45, 2.75) is 32.3 Å². The number of aryl methyl sites for hydroxylation is 1. The van der Waals surface area contributed by atoms with Crippen molar-refractivity contribution in [3.8, 4) is 5.75 Å². The van der Waals surface area contributed by atoms with Gasteiger partial charge in [0.25, 0.3) is 0 Å². The van der Waals surface area contributed by atoms with E-state index < -0.39 is 5.60 Å². The van der Waals surface area contributed by atoms with Gasteiger partial charge in [0.2, 0.25) is 0 Å². The molecule has 100 valence electrons. The van der Waals surface area contributed by atoms with E-state index in [2.05, 4.69) is 20.9 Å². The fraction of sp³-hybridized carbons (Fsp3) is 0.538. The van der Waals surface area contributed by atoms with Crippen LogP contribution in [0.5, 0.6) is 5.75 Å². The maximum absolute atomic E-state index is 11.2. The fourth-order valence-electron chi connectivity index (χ4n) is 1.54. The first-order chi connectivity index (χ1) is 8.46. The van der Waals surface area contributed by atoms with E-state index in [0.29, 0.717) is 6.42 Å². The van der Waals surface area contributed by atoms with Gasteiger partial charge in [-0.25, -0.2) is 0 Å². The van der Waals surface area contributed by atoms with E-state index in [1.807, 2.05) is 19.9 Å². The van der Waals surface area contributed by atoms with Crippen LogP contribution in [0.1, 0.15) is 26.0 Å². The minimum Gasteiger partial charge on any atom is -0.497 e. The summed E-state index contributed by atoms with van der Waals surface area (Å²) in [6.07, 6.45) is 3.16. The summed E-state index contributed by atoms with van der Waals surface area (Å²) >= 11 is 3.08. The molecular weight excluding hydrogens is 298 g/mol. The average Bonchev–Trinajstić information content (AvgIpc) is 2.36. The molecule has 4 nitrogen and oxygen atoms in total. The van der Waals surface area contributed by atoms with Crippen LogP contribution in [0.3, 0.4) is 0 Å². The number of pyridine rings is 1. The lowest BCUT2D eigenvalue weighted by atomic mass is 10.0. The molecule has 1 rings (SSSR count). The molecule has 1 aromatic heterocycles. The molecule has 5 heteroatoms. The lowest BCUT2D eigenvalue weighted by Gasteiger charge is -2.24. The van der Waals surface area contributed by atoms with Gasteiger partial charge >= 0.3 is 5.97 Å². The van der Waals surface area contributed by atoms with Crippen LogP contribution < -0.4 is 4.74 Å². The molecule has 0 aliphatic carbocycles. The third-order valence-electron chi connectivity index (χ3n) is 2.51. The van der Waals surface area contributed by atoms with Gasteiger partial charge in [0.05, 0.1) is 7.11 Å². The highest BCUT2D eigenvalue weighted by atomic mass is 79.9. The van der Waals surface area contributed by atoms with E-state index in [1.54, 1.807) is 19.4 Å². The predicted molar refractivity (Wildman–Crippen MR) is 73.1 cm³/mol. The maximum atomic E-state index is 11.2. The van der Waals surface area contributed by atoms with Gasteiger partial charge in [-0.05, 0) is 32.8 Å². The molecule has 0 atom stereocenters. The summed E-state index contributed by atoms with van der Waals surface area (Å²) in [4.78, 5) is 15.5. The normalized spacial score (nSPS) is 11.1. The highest BCUT2D eigenvalue weighted by molar-refractivity contribution is 9.09. The Morgan fingerprint density at radius 2 is 2.22 bits per heavy atom. The van der Waals surface area contributed by atoms with Crippen molar-refractivity contribution in [1.29, 1.82) is 0 Å². The molecule has 0 unspecified atom stereocenters. The molecule has 0 saturated carbocycles. The van der Waals surface area contributed by atoms with Crippen molar-refractivity contribution in [1.82, 2.24) is 4.98 Å². The number of esters is 1. The van der Waals surface area contributed by atoms with Gasteiger partial charge in [0.1, 0.15) is 16.7 Å². The number of nitrogens with zero attached hydrogens (tertiary/aromatic N) is 1. The van der Waals surface area contributed by atoms with E-state index in [9.17, 15) is 4.79 Å². The number of hydrogen-bond donors (Lipinski definition) is 0. The van der Waals surface area contributed by atoms with Crippen LogP contribution in [0.15, 0.2) is 18.3 Å². The SMILES string of the molecule is COc1ccnc(CCC(C)(C)OC(=O)CBr)c1. The highest BCUT2D eigenvalue weighted by Gasteiger charge is 2.22. The second-order valence-electron chi connectivity index (χ2n) is 4.55. The van der Waals surface area contributed by atoms with E-state index in [0.717, 1.165) is 17.9 Å². The molecule has 0 spiro atoms. The van der Waals surface area contributed by atoms with Crippen molar-refractivity contribution in [2.24, 2.45) is 0 Å². The number of hydrogen-bond acceptors (Lipinski definition) is 4. The zero-order chi connectivity index (χ0) is 13.6. The third kappa shape index (κ3) is 5.04. The summed E-state index contributed by atoms with van der Waals surface area (Å²) in [6.45, 7) is 3.79. The van der Waals surface area contributed by atoms with Crippen LogP contribution in [-0.4, -0.2) is 29.0 Å². The largest absolute Gasteiger partial charge is 0.497 e. The van der Waals surface area contributed by atoms with Crippen molar-refractivity contribution >= 4 is 21.9 Å². The molecule has 1 heterocycles. The van der Waals surface area contributed by atoms with Crippen LogP contribution in [0, 0.1) is 0 Å². The molecule has 0 amide bonds. The van der Waals surface area contributed by atoms with Crippen LogP contribution >= 0.6 is 15.9 Å². The van der Waals surface area contributed by atoms with Gasteiger partial charge < -0.3 is 9.47 Å².